The van der Waals surface area contributed by atoms with Crippen molar-refractivity contribution >= 4 is 17.9 Å². The molecule has 0 fully saturated rings. The number of hydrogen-bond acceptors (Lipinski definition) is 4. The molecule has 0 spiro atoms. The van der Waals surface area contributed by atoms with Crippen molar-refractivity contribution in [2.75, 3.05) is 6.61 Å². The Morgan fingerprint density at radius 1 is 1.19 bits per heavy atom. The summed E-state index contributed by atoms with van der Waals surface area (Å²) in [5.41, 5.74) is 0. The molecule has 0 saturated heterocycles. The van der Waals surface area contributed by atoms with Crippen molar-refractivity contribution in [1.29, 1.82) is 0 Å². The second-order valence-corrected chi connectivity index (χ2v) is 3.53. The molecule has 0 bridgehead atoms. The number of carboxylic acids is 2. The number of carboxylic acid groups (broad SMARTS) is 2. The summed E-state index contributed by atoms with van der Waals surface area (Å²) in [4.78, 5) is 32.4. The van der Waals surface area contributed by atoms with Crippen molar-refractivity contribution in [3.8, 4) is 0 Å². The molecule has 0 rings (SSSR count). The van der Waals surface area contributed by atoms with Crippen LogP contribution >= 0.6 is 0 Å². The Morgan fingerprint density at radius 2 is 1.75 bits per heavy atom. The molecule has 0 amide bonds. The Balaban J connectivity index is 4.38. The maximum Gasteiger partial charge on any atom is 0.307 e. The van der Waals surface area contributed by atoms with Crippen LogP contribution in [-0.2, 0) is 19.1 Å². The van der Waals surface area contributed by atoms with Crippen LogP contribution in [0.15, 0.2) is 0 Å². The number of rotatable bonds is 7. The van der Waals surface area contributed by atoms with Gasteiger partial charge in [0.1, 0.15) is 0 Å². The lowest BCUT2D eigenvalue weighted by Gasteiger charge is -2.17. The van der Waals surface area contributed by atoms with Gasteiger partial charge in [0.2, 0.25) is 0 Å². The minimum atomic E-state index is -1.21. The van der Waals surface area contributed by atoms with Crippen molar-refractivity contribution in [3.05, 3.63) is 0 Å². The lowest BCUT2D eigenvalue weighted by atomic mass is 9.88. The van der Waals surface area contributed by atoms with Crippen molar-refractivity contribution in [2.24, 2.45) is 11.8 Å². The normalized spacial score (nSPS) is 13.9. The van der Waals surface area contributed by atoms with Crippen LogP contribution in [0.1, 0.15) is 26.7 Å². The summed E-state index contributed by atoms with van der Waals surface area (Å²) in [6.45, 7) is 3.40. The second kappa shape index (κ2) is 6.81. The lowest BCUT2D eigenvalue weighted by Crippen LogP contribution is -2.26. The van der Waals surface area contributed by atoms with Gasteiger partial charge in [0, 0.05) is 6.42 Å². The highest BCUT2D eigenvalue weighted by atomic mass is 16.5. The summed E-state index contributed by atoms with van der Waals surface area (Å²) >= 11 is 0. The third-order valence-corrected chi connectivity index (χ3v) is 2.19. The van der Waals surface area contributed by atoms with Crippen LogP contribution in [0.5, 0.6) is 0 Å². The Kier molecular flexibility index (Phi) is 6.14. The van der Waals surface area contributed by atoms with Gasteiger partial charge in [-0.25, -0.2) is 0 Å². The highest BCUT2D eigenvalue weighted by Gasteiger charge is 2.29. The minimum Gasteiger partial charge on any atom is -0.481 e. The lowest BCUT2D eigenvalue weighted by molar-refractivity contribution is -0.152. The first-order chi connectivity index (χ1) is 7.38. The van der Waals surface area contributed by atoms with E-state index in [1.54, 1.807) is 6.92 Å². The summed E-state index contributed by atoms with van der Waals surface area (Å²) in [5.74, 6) is -4.54. The molecule has 0 saturated carbocycles. The zero-order valence-electron chi connectivity index (χ0n) is 9.30. The molecule has 16 heavy (non-hydrogen) atoms. The van der Waals surface area contributed by atoms with Gasteiger partial charge in [-0.3, -0.25) is 14.4 Å². The zero-order valence-corrected chi connectivity index (χ0v) is 9.30. The van der Waals surface area contributed by atoms with Gasteiger partial charge in [0.15, 0.2) is 0 Å². The first-order valence-electron chi connectivity index (χ1n) is 4.98. The fourth-order valence-electron chi connectivity index (χ4n) is 1.35. The Hall–Kier alpha value is -1.59. The third kappa shape index (κ3) is 5.33. The molecule has 2 atom stereocenters. The molecule has 0 aromatic heterocycles. The fourth-order valence-corrected chi connectivity index (χ4v) is 1.35. The van der Waals surface area contributed by atoms with E-state index in [0.29, 0.717) is 0 Å². The highest BCUT2D eigenvalue weighted by Crippen LogP contribution is 2.20. The van der Waals surface area contributed by atoms with Crippen molar-refractivity contribution in [1.82, 2.24) is 0 Å². The average molecular weight is 232 g/mol. The predicted molar refractivity (Wildman–Crippen MR) is 53.8 cm³/mol. The van der Waals surface area contributed by atoms with Crippen molar-refractivity contribution in [3.63, 3.8) is 0 Å². The summed E-state index contributed by atoms with van der Waals surface area (Å²) in [7, 11) is 0. The van der Waals surface area contributed by atoms with Gasteiger partial charge in [0.25, 0.3) is 0 Å². The van der Waals surface area contributed by atoms with Crippen molar-refractivity contribution in [2.45, 2.75) is 26.7 Å². The van der Waals surface area contributed by atoms with Gasteiger partial charge in [-0.2, -0.15) is 0 Å². The minimum absolute atomic E-state index is 0.0852. The molecular formula is C10H16O6. The quantitative estimate of drug-likeness (QED) is 0.628. The molecule has 6 heteroatoms. The van der Waals surface area contributed by atoms with Crippen molar-refractivity contribution < 1.29 is 29.3 Å². The predicted octanol–water partition coefficient (Wildman–Crippen LogP) is 0.751. The molecule has 92 valence electrons. The molecule has 0 aliphatic carbocycles. The molecular weight excluding hydrogens is 216 g/mol. The summed E-state index contributed by atoms with van der Waals surface area (Å²) < 4.78 is 4.67. The highest BCUT2D eigenvalue weighted by molar-refractivity contribution is 5.79. The standard InChI is InChI=1S/C10H16O6/c1-3-16-9(13)4-6(2)7(10(14)15)5-8(11)12/h6-7H,3-5H2,1-2H3,(H,11,12)(H,14,15). The van der Waals surface area contributed by atoms with Crippen LogP contribution in [0.2, 0.25) is 0 Å². The van der Waals surface area contributed by atoms with E-state index < -0.39 is 36.2 Å². The molecule has 0 aromatic carbocycles. The van der Waals surface area contributed by atoms with Gasteiger partial charge in [-0.15, -0.1) is 0 Å². The van der Waals surface area contributed by atoms with Gasteiger partial charge >= 0.3 is 17.9 Å². The van der Waals surface area contributed by atoms with E-state index in [-0.39, 0.29) is 13.0 Å². The number of carbonyl (C=O) groups excluding carboxylic acids is 1. The molecule has 2 unspecified atom stereocenters. The van der Waals surface area contributed by atoms with Crippen LogP contribution < -0.4 is 0 Å². The molecule has 0 aliphatic rings. The number of ether oxygens (including phenoxy) is 1. The van der Waals surface area contributed by atoms with Gasteiger partial charge in [0.05, 0.1) is 18.9 Å². The van der Waals surface area contributed by atoms with E-state index in [0.717, 1.165) is 0 Å². The van der Waals surface area contributed by atoms with Crippen LogP contribution in [0.3, 0.4) is 0 Å². The summed E-state index contributed by atoms with van der Waals surface area (Å²) in [6.07, 6.45) is -0.575. The molecule has 0 aromatic rings. The van der Waals surface area contributed by atoms with E-state index >= 15 is 0 Å². The van der Waals surface area contributed by atoms with E-state index in [4.69, 9.17) is 10.2 Å². The first-order valence-corrected chi connectivity index (χ1v) is 4.98. The Morgan fingerprint density at radius 3 is 2.12 bits per heavy atom. The van der Waals surface area contributed by atoms with Gasteiger partial charge in [-0.05, 0) is 12.8 Å². The topological polar surface area (TPSA) is 101 Å². The molecule has 0 heterocycles. The van der Waals surface area contributed by atoms with Crippen LogP contribution in [0.4, 0.5) is 0 Å². The van der Waals surface area contributed by atoms with Crippen LogP contribution in [0.25, 0.3) is 0 Å². The van der Waals surface area contributed by atoms with E-state index in [9.17, 15) is 14.4 Å². The third-order valence-electron chi connectivity index (χ3n) is 2.19. The van der Waals surface area contributed by atoms with Crippen LogP contribution in [-0.4, -0.2) is 34.7 Å². The zero-order chi connectivity index (χ0) is 12.7. The molecule has 2 N–H and O–H groups in total. The summed E-state index contributed by atoms with van der Waals surface area (Å²) in [5, 5.41) is 17.4. The summed E-state index contributed by atoms with van der Waals surface area (Å²) in [6, 6.07) is 0. The molecule has 0 aliphatic heterocycles. The van der Waals surface area contributed by atoms with Gasteiger partial charge in [-0.1, -0.05) is 6.92 Å². The average Bonchev–Trinajstić information content (AvgIpc) is 2.13. The van der Waals surface area contributed by atoms with Crippen LogP contribution in [0, 0.1) is 11.8 Å². The smallest absolute Gasteiger partial charge is 0.307 e. The second-order valence-electron chi connectivity index (χ2n) is 3.53. The fraction of sp³-hybridized carbons (Fsp3) is 0.700. The monoisotopic (exact) mass is 232 g/mol. The van der Waals surface area contributed by atoms with E-state index in [1.165, 1.54) is 6.92 Å². The Labute approximate surface area is 93.2 Å². The van der Waals surface area contributed by atoms with E-state index in [1.807, 2.05) is 0 Å². The maximum atomic E-state index is 11.1. The number of aliphatic carboxylic acids is 2. The Bertz CT molecular complexity index is 272. The number of esters is 1. The maximum absolute atomic E-state index is 11.1. The number of carbonyl (C=O) groups is 3. The first kappa shape index (κ1) is 14.4. The molecule has 0 radical (unpaired) electrons. The molecule has 6 nitrogen and oxygen atoms in total. The van der Waals surface area contributed by atoms with Gasteiger partial charge < -0.3 is 14.9 Å². The number of hydrogen-bond donors (Lipinski definition) is 2. The SMILES string of the molecule is CCOC(=O)CC(C)C(CC(=O)O)C(=O)O. The largest absolute Gasteiger partial charge is 0.481 e. The van der Waals surface area contributed by atoms with E-state index in [2.05, 4.69) is 4.74 Å².